The van der Waals surface area contributed by atoms with Crippen molar-refractivity contribution in [1.29, 1.82) is 0 Å². The number of hydrogen-bond donors (Lipinski definition) is 0. The summed E-state index contributed by atoms with van der Waals surface area (Å²) in [6, 6.07) is 0. The Morgan fingerprint density at radius 3 is 2.77 bits per heavy atom. The maximum absolute atomic E-state index is 11.4. The number of ether oxygens (including phenoxy) is 2. The van der Waals surface area contributed by atoms with Gasteiger partial charge in [0, 0.05) is 18.8 Å². The zero-order valence-corrected chi connectivity index (χ0v) is 16.6. The molecule has 0 amide bonds. The topological polar surface area (TPSA) is 35.5 Å². The fourth-order valence-electron chi connectivity index (χ4n) is 8.21. The van der Waals surface area contributed by atoms with E-state index in [1.807, 2.05) is 0 Å². The van der Waals surface area contributed by atoms with E-state index in [1.54, 1.807) is 12.5 Å². The molecule has 1 aliphatic heterocycles. The zero-order valence-electron chi connectivity index (χ0n) is 16.6. The standard InChI is InChI=1S/C23H34O3/c1-14-19-6-7-21-18-5-4-16-12-17(26-15(2)24)8-10-22(16,3)20(18)9-11-23(19,21)13-25-14/h4,14,17-21H,5-13H2,1-3H3/t14-,17-,18+,19+,20-,21-,22-,23-/m0/s1. The highest BCUT2D eigenvalue weighted by Crippen LogP contribution is 2.68. The number of esters is 1. The van der Waals surface area contributed by atoms with Gasteiger partial charge in [0.25, 0.3) is 0 Å². The van der Waals surface area contributed by atoms with Gasteiger partial charge in [-0.25, -0.2) is 0 Å². The molecule has 5 rings (SSSR count). The molecule has 26 heavy (non-hydrogen) atoms. The SMILES string of the molecule is CC(=O)O[C@H]1CC[C@@]2(C)C(=CC[C@H]3[C@@H]4CC[C@@H]5[C@H](C)OC[C@@]54CC[C@@H]32)C1. The summed E-state index contributed by atoms with van der Waals surface area (Å²) in [6.07, 6.45) is 13.1. The molecule has 4 fully saturated rings. The lowest BCUT2D eigenvalue weighted by Crippen LogP contribution is -2.51. The van der Waals surface area contributed by atoms with Gasteiger partial charge in [-0.3, -0.25) is 4.79 Å². The third-order valence-electron chi connectivity index (χ3n) is 9.36. The van der Waals surface area contributed by atoms with E-state index in [1.165, 1.54) is 38.5 Å². The summed E-state index contributed by atoms with van der Waals surface area (Å²) in [5, 5.41) is 0. The summed E-state index contributed by atoms with van der Waals surface area (Å²) in [5.74, 6) is 3.23. The van der Waals surface area contributed by atoms with E-state index in [2.05, 4.69) is 19.9 Å². The normalized spacial score (nSPS) is 52.3. The molecule has 1 spiro atoms. The monoisotopic (exact) mass is 358 g/mol. The van der Waals surface area contributed by atoms with Crippen LogP contribution in [0.5, 0.6) is 0 Å². The highest BCUT2D eigenvalue weighted by Gasteiger charge is 2.63. The molecule has 0 aromatic carbocycles. The minimum absolute atomic E-state index is 0.109. The molecule has 1 heterocycles. The highest BCUT2D eigenvalue weighted by atomic mass is 16.5. The fraction of sp³-hybridized carbons (Fsp3) is 0.870. The van der Waals surface area contributed by atoms with Crippen LogP contribution in [0, 0.1) is 34.5 Å². The van der Waals surface area contributed by atoms with Crippen LogP contribution in [0.15, 0.2) is 11.6 Å². The second kappa shape index (κ2) is 5.83. The number of fused-ring (bicyclic) bond motifs is 4. The van der Waals surface area contributed by atoms with Gasteiger partial charge in [-0.1, -0.05) is 18.6 Å². The molecule has 0 radical (unpaired) electrons. The van der Waals surface area contributed by atoms with Crippen LogP contribution < -0.4 is 0 Å². The molecule has 1 saturated heterocycles. The van der Waals surface area contributed by atoms with Crippen molar-refractivity contribution in [2.45, 2.75) is 84.3 Å². The van der Waals surface area contributed by atoms with Crippen LogP contribution >= 0.6 is 0 Å². The van der Waals surface area contributed by atoms with Gasteiger partial charge in [0.15, 0.2) is 0 Å². The molecule has 8 atom stereocenters. The molecule has 3 saturated carbocycles. The molecule has 0 N–H and O–H groups in total. The summed E-state index contributed by atoms with van der Waals surface area (Å²) in [4.78, 5) is 11.4. The first kappa shape index (κ1) is 17.3. The smallest absolute Gasteiger partial charge is 0.302 e. The van der Waals surface area contributed by atoms with E-state index in [0.717, 1.165) is 43.1 Å². The molecule has 0 bridgehead atoms. The highest BCUT2D eigenvalue weighted by molar-refractivity contribution is 5.66. The predicted octanol–water partition coefficient (Wildman–Crippen LogP) is 4.90. The van der Waals surface area contributed by atoms with Crippen LogP contribution in [0.4, 0.5) is 0 Å². The maximum Gasteiger partial charge on any atom is 0.302 e. The summed E-state index contributed by atoms with van der Waals surface area (Å²) in [5.41, 5.74) is 2.43. The van der Waals surface area contributed by atoms with Gasteiger partial charge < -0.3 is 9.47 Å². The van der Waals surface area contributed by atoms with Gasteiger partial charge in [-0.05, 0) is 81.0 Å². The first-order valence-corrected chi connectivity index (χ1v) is 10.9. The number of carbonyl (C=O) groups is 1. The van der Waals surface area contributed by atoms with Crippen molar-refractivity contribution in [3.05, 3.63) is 11.6 Å². The van der Waals surface area contributed by atoms with Crippen LogP contribution in [0.1, 0.15) is 72.1 Å². The Bertz CT molecular complexity index is 639. The van der Waals surface area contributed by atoms with Crippen molar-refractivity contribution in [2.75, 3.05) is 6.61 Å². The average Bonchev–Trinajstić information content (AvgIpc) is 3.12. The van der Waals surface area contributed by atoms with Gasteiger partial charge in [0.05, 0.1) is 12.7 Å². The van der Waals surface area contributed by atoms with E-state index >= 15 is 0 Å². The average molecular weight is 359 g/mol. The summed E-state index contributed by atoms with van der Waals surface area (Å²) in [7, 11) is 0. The van der Waals surface area contributed by atoms with Crippen molar-refractivity contribution in [3.8, 4) is 0 Å². The molecule has 144 valence electrons. The molecule has 3 heteroatoms. The molecular weight excluding hydrogens is 324 g/mol. The van der Waals surface area contributed by atoms with E-state index in [9.17, 15) is 4.79 Å². The Hall–Kier alpha value is -0.830. The van der Waals surface area contributed by atoms with Gasteiger partial charge in [0.2, 0.25) is 0 Å². The van der Waals surface area contributed by atoms with Gasteiger partial charge >= 0.3 is 5.97 Å². The Labute approximate surface area is 157 Å². The van der Waals surface area contributed by atoms with Crippen molar-refractivity contribution in [2.24, 2.45) is 34.5 Å². The molecule has 0 aromatic rings. The second-order valence-electron chi connectivity index (χ2n) is 10.2. The number of allylic oxidation sites excluding steroid dienone is 1. The Morgan fingerprint density at radius 1 is 1.15 bits per heavy atom. The van der Waals surface area contributed by atoms with Crippen LogP contribution in [-0.4, -0.2) is 24.8 Å². The van der Waals surface area contributed by atoms with Crippen molar-refractivity contribution in [1.82, 2.24) is 0 Å². The van der Waals surface area contributed by atoms with Crippen molar-refractivity contribution >= 4 is 5.97 Å². The Morgan fingerprint density at radius 2 is 1.96 bits per heavy atom. The number of carbonyl (C=O) groups excluding carboxylic acids is 1. The summed E-state index contributed by atoms with van der Waals surface area (Å²) < 4.78 is 11.7. The van der Waals surface area contributed by atoms with Crippen molar-refractivity contribution in [3.63, 3.8) is 0 Å². The number of hydrogen-bond acceptors (Lipinski definition) is 3. The van der Waals surface area contributed by atoms with Crippen molar-refractivity contribution < 1.29 is 14.3 Å². The van der Waals surface area contributed by atoms with Crippen LogP contribution in [-0.2, 0) is 14.3 Å². The molecule has 4 aliphatic carbocycles. The lowest BCUT2D eigenvalue weighted by Gasteiger charge is -2.57. The molecular formula is C23H34O3. The Kier molecular flexibility index (Phi) is 3.88. The Balaban J connectivity index is 1.41. The van der Waals surface area contributed by atoms with Gasteiger partial charge in [-0.15, -0.1) is 0 Å². The second-order valence-corrected chi connectivity index (χ2v) is 10.2. The lowest BCUT2D eigenvalue weighted by molar-refractivity contribution is -0.148. The largest absolute Gasteiger partial charge is 0.462 e. The molecule has 3 nitrogen and oxygen atoms in total. The molecule has 5 aliphatic rings. The van der Waals surface area contributed by atoms with Gasteiger partial charge in [0.1, 0.15) is 6.10 Å². The van der Waals surface area contributed by atoms with Crippen LogP contribution in [0.2, 0.25) is 0 Å². The zero-order chi connectivity index (χ0) is 18.1. The van der Waals surface area contributed by atoms with E-state index in [-0.39, 0.29) is 12.1 Å². The summed E-state index contributed by atoms with van der Waals surface area (Å²) >= 11 is 0. The molecule has 0 aromatic heterocycles. The predicted molar refractivity (Wildman–Crippen MR) is 100 cm³/mol. The van der Waals surface area contributed by atoms with Crippen LogP contribution in [0.3, 0.4) is 0 Å². The van der Waals surface area contributed by atoms with Crippen LogP contribution in [0.25, 0.3) is 0 Å². The first-order chi connectivity index (χ1) is 12.4. The quantitative estimate of drug-likeness (QED) is 0.494. The van der Waals surface area contributed by atoms with Gasteiger partial charge in [-0.2, -0.15) is 0 Å². The lowest BCUT2D eigenvalue weighted by atomic mass is 9.47. The minimum atomic E-state index is -0.125. The third kappa shape index (κ3) is 2.25. The minimum Gasteiger partial charge on any atom is -0.462 e. The summed E-state index contributed by atoms with van der Waals surface area (Å²) in [6.45, 7) is 7.40. The van der Waals surface area contributed by atoms with E-state index in [0.29, 0.717) is 16.9 Å². The fourth-order valence-corrected chi connectivity index (χ4v) is 8.21. The maximum atomic E-state index is 11.4. The molecule has 0 unspecified atom stereocenters. The number of rotatable bonds is 1. The third-order valence-corrected chi connectivity index (χ3v) is 9.36. The first-order valence-electron chi connectivity index (χ1n) is 10.9. The van der Waals surface area contributed by atoms with E-state index in [4.69, 9.17) is 9.47 Å². The van der Waals surface area contributed by atoms with E-state index < -0.39 is 0 Å².